The second kappa shape index (κ2) is 7.78. The predicted octanol–water partition coefficient (Wildman–Crippen LogP) is 3.80. The number of aromatic nitrogens is 4. The molecule has 10 heteroatoms. The van der Waals surface area contributed by atoms with Crippen molar-refractivity contribution < 1.29 is 18.0 Å². The molecule has 3 rings (SSSR count). The van der Waals surface area contributed by atoms with Crippen molar-refractivity contribution in [1.29, 1.82) is 0 Å². The number of halogens is 3. The molecule has 2 aromatic carbocycles. The number of anilines is 1. The largest absolute Gasteiger partial charge is 0.416 e. The first-order chi connectivity index (χ1) is 12.8. The molecule has 3 aromatic rings. The zero-order valence-corrected chi connectivity index (χ0v) is 14.8. The highest BCUT2D eigenvalue weighted by Gasteiger charge is 2.30. The Morgan fingerprint density at radius 2 is 1.89 bits per heavy atom. The molecule has 0 saturated carbocycles. The molecule has 6 nitrogen and oxygen atoms in total. The molecule has 1 amide bonds. The Morgan fingerprint density at radius 3 is 2.59 bits per heavy atom. The number of carbonyl (C=O) groups is 1. The minimum absolute atomic E-state index is 0.0740. The van der Waals surface area contributed by atoms with E-state index in [4.69, 9.17) is 0 Å². The van der Waals surface area contributed by atoms with Crippen LogP contribution < -0.4 is 5.32 Å². The molecule has 27 heavy (non-hydrogen) atoms. The zero-order valence-electron chi connectivity index (χ0n) is 14.0. The summed E-state index contributed by atoms with van der Waals surface area (Å²) >= 11 is 1.10. The Labute approximate surface area is 156 Å². The summed E-state index contributed by atoms with van der Waals surface area (Å²) in [7, 11) is 0. The number of para-hydroxylation sites is 1. The molecule has 1 aromatic heterocycles. The monoisotopic (exact) mass is 393 g/mol. The van der Waals surface area contributed by atoms with Crippen molar-refractivity contribution >= 4 is 23.4 Å². The van der Waals surface area contributed by atoms with E-state index in [0.29, 0.717) is 5.16 Å². The van der Waals surface area contributed by atoms with Gasteiger partial charge in [0.2, 0.25) is 11.1 Å². The molecule has 0 fully saturated rings. The van der Waals surface area contributed by atoms with Gasteiger partial charge in [0.15, 0.2) is 0 Å². The minimum Gasteiger partial charge on any atom is -0.325 e. The number of rotatable bonds is 5. The fraction of sp³-hybridized carbons (Fsp3) is 0.176. The third-order valence-corrected chi connectivity index (χ3v) is 4.58. The predicted molar refractivity (Wildman–Crippen MR) is 94.5 cm³/mol. The molecule has 0 spiro atoms. The number of alkyl halides is 3. The lowest BCUT2D eigenvalue weighted by molar-refractivity contribution is -0.137. The highest BCUT2D eigenvalue weighted by molar-refractivity contribution is 8.00. The molecule has 0 radical (unpaired) electrons. The maximum Gasteiger partial charge on any atom is 0.416 e. The van der Waals surface area contributed by atoms with Gasteiger partial charge in [-0.3, -0.25) is 4.79 Å². The maximum absolute atomic E-state index is 12.8. The summed E-state index contributed by atoms with van der Waals surface area (Å²) in [5, 5.41) is 13.7. The third-order valence-electron chi connectivity index (χ3n) is 3.55. The summed E-state index contributed by atoms with van der Waals surface area (Å²) in [6.45, 7) is 1.62. The number of hydrogen-bond donors (Lipinski definition) is 1. The summed E-state index contributed by atoms with van der Waals surface area (Å²) in [4.78, 5) is 12.4. The molecular weight excluding hydrogens is 379 g/mol. The van der Waals surface area contributed by atoms with Crippen LogP contribution in [0.3, 0.4) is 0 Å². The van der Waals surface area contributed by atoms with Gasteiger partial charge in [0.1, 0.15) is 0 Å². The van der Waals surface area contributed by atoms with Gasteiger partial charge in [0, 0.05) is 5.69 Å². The molecule has 0 aliphatic rings. The summed E-state index contributed by atoms with van der Waals surface area (Å²) < 4.78 is 39.8. The van der Waals surface area contributed by atoms with E-state index in [1.165, 1.54) is 16.8 Å². The fourth-order valence-electron chi connectivity index (χ4n) is 2.21. The zero-order chi connectivity index (χ0) is 19.4. The molecular formula is C17H14F3N5OS. The number of tetrazole rings is 1. The van der Waals surface area contributed by atoms with Crippen LogP contribution in [0.15, 0.2) is 59.8 Å². The van der Waals surface area contributed by atoms with Gasteiger partial charge in [-0.05, 0) is 47.7 Å². The van der Waals surface area contributed by atoms with Crippen molar-refractivity contribution in [3.63, 3.8) is 0 Å². The van der Waals surface area contributed by atoms with Crippen LogP contribution in [0.25, 0.3) is 5.69 Å². The van der Waals surface area contributed by atoms with Gasteiger partial charge in [-0.1, -0.05) is 36.0 Å². The molecule has 0 aliphatic carbocycles. The Bertz CT molecular complexity index is 930. The van der Waals surface area contributed by atoms with Gasteiger partial charge in [-0.25, -0.2) is 0 Å². The molecule has 140 valence electrons. The van der Waals surface area contributed by atoms with Gasteiger partial charge in [0.05, 0.1) is 16.5 Å². The normalized spacial score (nSPS) is 12.6. The second-order valence-corrected chi connectivity index (χ2v) is 6.84. The van der Waals surface area contributed by atoms with E-state index in [0.717, 1.165) is 29.6 Å². The highest BCUT2D eigenvalue weighted by atomic mass is 32.2. The Balaban J connectivity index is 1.70. The molecule has 0 aliphatic heterocycles. The molecule has 1 heterocycles. The van der Waals surface area contributed by atoms with Crippen LogP contribution in [0.4, 0.5) is 18.9 Å². The van der Waals surface area contributed by atoms with E-state index in [9.17, 15) is 18.0 Å². The summed E-state index contributed by atoms with van der Waals surface area (Å²) in [5.41, 5.74) is -0.0194. The molecule has 1 unspecified atom stereocenters. The van der Waals surface area contributed by atoms with E-state index in [-0.39, 0.29) is 5.69 Å². The molecule has 0 bridgehead atoms. The van der Waals surface area contributed by atoms with E-state index in [1.807, 2.05) is 30.3 Å². The topological polar surface area (TPSA) is 72.7 Å². The first-order valence-corrected chi connectivity index (χ1v) is 8.71. The Kier molecular flexibility index (Phi) is 5.45. The lowest BCUT2D eigenvalue weighted by Crippen LogP contribution is -2.23. The van der Waals surface area contributed by atoms with Gasteiger partial charge < -0.3 is 5.32 Å². The lowest BCUT2D eigenvalue weighted by Gasteiger charge is -2.13. The van der Waals surface area contributed by atoms with Gasteiger partial charge in [0.25, 0.3) is 0 Å². The van der Waals surface area contributed by atoms with Gasteiger partial charge in [-0.15, -0.1) is 5.10 Å². The maximum atomic E-state index is 12.8. The summed E-state index contributed by atoms with van der Waals surface area (Å²) in [6, 6.07) is 13.6. The number of nitrogens with zero attached hydrogens (tertiary/aromatic N) is 4. The van der Waals surface area contributed by atoms with Crippen molar-refractivity contribution in [2.45, 2.75) is 23.5 Å². The number of amides is 1. The summed E-state index contributed by atoms with van der Waals surface area (Å²) in [6.07, 6.45) is -4.47. The van der Waals surface area contributed by atoms with Crippen molar-refractivity contribution in [3.05, 3.63) is 60.2 Å². The fourth-order valence-corrected chi connectivity index (χ4v) is 3.02. The number of nitrogens with one attached hydrogen (secondary N) is 1. The summed E-state index contributed by atoms with van der Waals surface area (Å²) in [5.74, 6) is -0.457. The number of carbonyl (C=O) groups excluding carboxylic acids is 1. The minimum atomic E-state index is -4.47. The molecule has 1 atom stereocenters. The van der Waals surface area contributed by atoms with Crippen LogP contribution in [0, 0.1) is 0 Å². The first-order valence-electron chi connectivity index (χ1n) is 7.83. The Morgan fingerprint density at radius 1 is 1.15 bits per heavy atom. The average molecular weight is 393 g/mol. The smallest absolute Gasteiger partial charge is 0.325 e. The van der Waals surface area contributed by atoms with E-state index < -0.39 is 22.9 Å². The number of hydrogen-bond acceptors (Lipinski definition) is 5. The third kappa shape index (κ3) is 4.64. The van der Waals surface area contributed by atoms with Crippen LogP contribution >= 0.6 is 11.8 Å². The van der Waals surface area contributed by atoms with E-state index >= 15 is 0 Å². The average Bonchev–Trinajstić information content (AvgIpc) is 3.10. The van der Waals surface area contributed by atoms with Crippen molar-refractivity contribution in [1.82, 2.24) is 20.2 Å². The van der Waals surface area contributed by atoms with Crippen molar-refractivity contribution in [2.75, 3.05) is 5.32 Å². The van der Waals surface area contributed by atoms with Crippen LogP contribution in [0.5, 0.6) is 0 Å². The Hall–Kier alpha value is -2.88. The standard InChI is InChI=1S/C17H14F3N5OS/c1-11(15(26)21-13-7-5-6-12(10-13)17(18,19)20)27-16-22-23-24-25(16)14-8-3-2-4-9-14/h2-11H,1H3,(H,21,26). The highest BCUT2D eigenvalue weighted by Crippen LogP contribution is 2.31. The van der Waals surface area contributed by atoms with Gasteiger partial charge >= 0.3 is 6.18 Å². The van der Waals surface area contributed by atoms with Crippen LogP contribution in [-0.4, -0.2) is 31.4 Å². The second-order valence-electron chi connectivity index (χ2n) is 5.54. The van der Waals surface area contributed by atoms with E-state index in [2.05, 4.69) is 20.8 Å². The molecule has 1 N–H and O–H groups in total. The van der Waals surface area contributed by atoms with Crippen molar-refractivity contribution in [2.24, 2.45) is 0 Å². The van der Waals surface area contributed by atoms with Crippen LogP contribution in [0.2, 0.25) is 0 Å². The molecule has 0 saturated heterocycles. The lowest BCUT2D eigenvalue weighted by atomic mass is 10.2. The quantitative estimate of drug-likeness (QED) is 0.668. The van der Waals surface area contributed by atoms with Crippen molar-refractivity contribution in [3.8, 4) is 5.69 Å². The van der Waals surface area contributed by atoms with Gasteiger partial charge in [-0.2, -0.15) is 17.9 Å². The number of benzene rings is 2. The van der Waals surface area contributed by atoms with E-state index in [1.54, 1.807) is 6.92 Å². The van der Waals surface area contributed by atoms with Crippen LogP contribution in [0.1, 0.15) is 12.5 Å². The first kappa shape index (κ1) is 18.9. The number of thioether (sulfide) groups is 1. The SMILES string of the molecule is CC(Sc1nnnn1-c1ccccc1)C(=O)Nc1cccc(C(F)(F)F)c1. The van der Waals surface area contributed by atoms with Crippen LogP contribution in [-0.2, 0) is 11.0 Å².